The second-order valence-electron chi connectivity index (χ2n) is 16.7. The first-order valence-corrected chi connectivity index (χ1v) is 21.3. The number of furan rings is 1. The highest BCUT2D eigenvalue weighted by Crippen LogP contribution is 2.32. The molecule has 0 saturated heterocycles. The van der Waals surface area contributed by atoms with Crippen molar-refractivity contribution in [2.75, 3.05) is 0 Å². The Balaban J connectivity index is 0.000000126. The predicted molar refractivity (Wildman–Crippen MR) is 249 cm³/mol. The summed E-state index contributed by atoms with van der Waals surface area (Å²) in [6.45, 7) is 21.9. The summed E-state index contributed by atoms with van der Waals surface area (Å²) in [5.41, 5.74) is 13.9. The second-order valence-corrected chi connectivity index (χ2v) is 16.7. The van der Waals surface area contributed by atoms with Crippen LogP contribution in [-0.4, -0.2) is 33.6 Å². The Morgan fingerprint density at radius 2 is 1.18 bits per heavy atom. The SMILES string of the molecule is CC(C)C1=CCc2ccccc21.CC(C)c1cnc2ccccn12.CC(C)c1cnn2ccccc12.CC(C)c1cnn2ccncc12.CC(C)c1coc2ccccc12. The fraction of sp³-hybridized carbons (Fsp3) is 0.308. The van der Waals surface area contributed by atoms with E-state index >= 15 is 0 Å². The lowest BCUT2D eigenvalue weighted by atomic mass is 9.97. The molecule has 60 heavy (non-hydrogen) atoms. The third kappa shape index (κ3) is 10.3. The van der Waals surface area contributed by atoms with Gasteiger partial charge in [0.2, 0.25) is 0 Å². The van der Waals surface area contributed by atoms with Crippen LogP contribution >= 0.6 is 0 Å². The average Bonchev–Trinajstić information content (AvgIpc) is 4.10. The van der Waals surface area contributed by atoms with E-state index in [0.717, 1.165) is 23.2 Å². The maximum absolute atomic E-state index is 5.41. The number of aromatic nitrogens is 7. The average molecular weight is 800 g/mol. The summed E-state index contributed by atoms with van der Waals surface area (Å²) in [6, 6.07) is 29.0. The Bertz CT molecular complexity index is 2440. The number of pyridine rings is 2. The lowest BCUT2D eigenvalue weighted by molar-refractivity contribution is 0.606. The van der Waals surface area contributed by atoms with Crippen LogP contribution in [0.15, 0.2) is 151 Å². The van der Waals surface area contributed by atoms with Gasteiger partial charge in [-0.05, 0) is 83.0 Å². The highest BCUT2D eigenvalue weighted by atomic mass is 16.3. The fourth-order valence-corrected chi connectivity index (χ4v) is 7.38. The maximum Gasteiger partial charge on any atom is 0.136 e. The summed E-state index contributed by atoms with van der Waals surface area (Å²) in [4.78, 5) is 8.37. The van der Waals surface area contributed by atoms with Crippen molar-refractivity contribution in [1.82, 2.24) is 33.6 Å². The van der Waals surface area contributed by atoms with Crippen molar-refractivity contribution in [2.24, 2.45) is 5.92 Å². The molecule has 8 heteroatoms. The number of hydrogen-bond acceptors (Lipinski definition) is 5. The summed E-state index contributed by atoms with van der Waals surface area (Å²) >= 11 is 0. The Morgan fingerprint density at radius 1 is 0.550 bits per heavy atom. The summed E-state index contributed by atoms with van der Waals surface area (Å²) < 4.78 is 11.3. The first kappa shape index (κ1) is 43.3. The first-order chi connectivity index (χ1) is 28.9. The molecule has 10 rings (SSSR count). The molecule has 2 aromatic carbocycles. The van der Waals surface area contributed by atoms with E-state index in [2.05, 4.69) is 142 Å². The molecule has 0 N–H and O–H groups in total. The van der Waals surface area contributed by atoms with Gasteiger partial charge >= 0.3 is 0 Å². The van der Waals surface area contributed by atoms with Gasteiger partial charge in [0.1, 0.15) is 11.2 Å². The van der Waals surface area contributed by atoms with Crippen LogP contribution in [0.3, 0.4) is 0 Å². The molecule has 0 bridgehead atoms. The number of imidazole rings is 1. The van der Waals surface area contributed by atoms with Crippen LogP contribution in [0.25, 0.3) is 33.2 Å². The Morgan fingerprint density at radius 3 is 1.90 bits per heavy atom. The van der Waals surface area contributed by atoms with Gasteiger partial charge in [-0.15, -0.1) is 0 Å². The molecule has 0 radical (unpaired) electrons. The molecule has 0 fully saturated rings. The predicted octanol–water partition coefficient (Wildman–Crippen LogP) is 13.6. The van der Waals surface area contributed by atoms with Gasteiger partial charge in [0.25, 0.3) is 0 Å². The van der Waals surface area contributed by atoms with Crippen LogP contribution < -0.4 is 0 Å². The minimum Gasteiger partial charge on any atom is -0.464 e. The molecule has 0 saturated carbocycles. The number of benzene rings is 2. The zero-order valence-corrected chi connectivity index (χ0v) is 37.0. The molecule has 0 amide bonds. The first-order valence-electron chi connectivity index (χ1n) is 21.3. The highest BCUT2D eigenvalue weighted by Gasteiger charge is 2.15. The van der Waals surface area contributed by atoms with Crippen molar-refractivity contribution in [1.29, 1.82) is 0 Å². The molecule has 0 spiro atoms. The van der Waals surface area contributed by atoms with Gasteiger partial charge in [-0.25, -0.2) is 14.0 Å². The molecule has 1 aliphatic carbocycles. The van der Waals surface area contributed by atoms with Crippen molar-refractivity contribution in [3.8, 4) is 0 Å². The number of allylic oxidation sites excluding steroid dienone is 2. The van der Waals surface area contributed by atoms with Crippen molar-refractivity contribution in [2.45, 2.75) is 99.3 Å². The quantitative estimate of drug-likeness (QED) is 0.173. The summed E-state index contributed by atoms with van der Waals surface area (Å²) in [7, 11) is 0. The summed E-state index contributed by atoms with van der Waals surface area (Å²) in [5, 5.41) is 9.72. The van der Waals surface area contributed by atoms with Gasteiger partial charge in [0.15, 0.2) is 0 Å². The number of para-hydroxylation sites is 1. The topological polar surface area (TPSA) is 77.9 Å². The number of rotatable bonds is 5. The molecule has 0 atom stereocenters. The van der Waals surface area contributed by atoms with E-state index in [-0.39, 0.29) is 0 Å². The molecule has 8 nitrogen and oxygen atoms in total. The third-order valence-corrected chi connectivity index (χ3v) is 10.7. The summed E-state index contributed by atoms with van der Waals surface area (Å²) in [6.07, 6.45) is 20.6. The zero-order chi connectivity index (χ0) is 42.8. The van der Waals surface area contributed by atoms with Crippen LogP contribution in [0.4, 0.5) is 0 Å². The van der Waals surface area contributed by atoms with Crippen LogP contribution in [0.1, 0.15) is 126 Å². The lowest BCUT2D eigenvalue weighted by Gasteiger charge is -2.08. The molecular weight excluding hydrogens is 739 g/mol. The van der Waals surface area contributed by atoms with E-state index in [4.69, 9.17) is 4.42 Å². The molecule has 310 valence electrons. The summed E-state index contributed by atoms with van der Waals surface area (Å²) in [5.74, 6) is 2.78. The van der Waals surface area contributed by atoms with Gasteiger partial charge in [-0.1, -0.05) is 130 Å². The molecule has 7 aromatic heterocycles. The molecular formula is C52H61N7O. The molecule has 7 heterocycles. The van der Waals surface area contributed by atoms with Crippen LogP contribution in [0, 0.1) is 5.92 Å². The second kappa shape index (κ2) is 20.1. The smallest absolute Gasteiger partial charge is 0.136 e. The number of fused-ring (bicyclic) bond motifs is 5. The van der Waals surface area contributed by atoms with Gasteiger partial charge < -0.3 is 8.82 Å². The highest BCUT2D eigenvalue weighted by molar-refractivity contribution is 5.81. The van der Waals surface area contributed by atoms with Crippen molar-refractivity contribution < 1.29 is 4.42 Å². The van der Waals surface area contributed by atoms with Gasteiger partial charge in [-0.2, -0.15) is 10.2 Å². The Labute approximate surface area is 355 Å². The van der Waals surface area contributed by atoms with E-state index in [1.54, 1.807) is 6.20 Å². The normalized spacial score (nSPS) is 11.9. The molecule has 0 unspecified atom stereocenters. The minimum atomic E-state index is 0.506. The van der Waals surface area contributed by atoms with Crippen molar-refractivity contribution >= 4 is 33.2 Å². The molecule has 9 aromatic rings. The lowest BCUT2D eigenvalue weighted by Crippen LogP contribution is -1.93. The van der Waals surface area contributed by atoms with Gasteiger partial charge in [0.05, 0.1) is 35.9 Å². The van der Waals surface area contributed by atoms with E-state index < -0.39 is 0 Å². The van der Waals surface area contributed by atoms with Crippen molar-refractivity contribution in [3.05, 3.63) is 180 Å². The number of hydrogen-bond donors (Lipinski definition) is 0. The largest absolute Gasteiger partial charge is 0.464 e. The van der Waals surface area contributed by atoms with Gasteiger partial charge in [-0.3, -0.25) is 4.98 Å². The zero-order valence-electron chi connectivity index (χ0n) is 37.0. The Kier molecular flexibility index (Phi) is 14.5. The molecule has 0 aliphatic heterocycles. The van der Waals surface area contributed by atoms with E-state index in [1.165, 1.54) is 50.0 Å². The van der Waals surface area contributed by atoms with Crippen LogP contribution in [0.2, 0.25) is 0 Å². The monoisotopic (exact) mass is 799 g/mol. The standard InChI is InChI=1S/C12H14.C11H12O.2C10H12N2.C9H11N3/c1-9(2)11-8-7-10-5-3-4-6-12(10)11;1-8(2)10-7-12-11-6-4-3-5-9(10)11;1-8(2)9-7-11-10-5-3-4-6-12(9)10;1-8(2)9-7-11-12-6-4-3-5-10(9)12;1-7(2)8-5-11-12-4-3-10-6-9(8)12/h3-6,8-9H,7H2,1-2H3;3*3-8H,1-2H3;3-7H,1-2H3. The van der Waals surface area contributed by atoms with Gasteiger partial charge in [0, 0.05) is 58.8 Å². The van der Waals surface area contributed by atoms with E-state index in [0.29, 0.717) is 29.6 Å². The number of nitrogens with zero attached hydrogens (tertiary/aromatic N) is 7. The fourth-order valence-electron chi connectivity index (χ4n) is 7.38. The van der Waals surface area contributed by atoms with Crippen molar-refractivity contribution in [3.63, 3.8) is 0 Å². The molecule has 1 aliphatic rings. The maximum atomic E-state index is 5.41. The minimum absolute atomic E-state index is 0.506. The van der Waals surface area contributed by atoms with Crippen LogP contribution in [-0.2, 0) is 6.42 Å². The van der Waals surface area contributed by atoms with E-state index in [9.17, 15) is 0 Å². The van der Waals surface area contributed by atoms with Crippen LogP contribution in [0.5, 0.6) is 0 Å². The van der Waals surface area contributed by atoms with E-state index in [1.807, 2.05) is 101 Å². The third-order valence-electron chi connectivity index (χ3n) is 10.7. The Hall–Kier alpha value is -6.28.